The predicted molar refractivity (Wildman–Crippen MR) is 53.7 cm³/mol. The highest BCUT2D eigenvalue weighted by Gasteiger charge is 2.27. The Labute approximate surface area is 93.5 Å². The maximum Gasteiger partial charge on any atom is 0.390 e. The fourth-order valence-corrected chi connectivity index (χ4v) is 1.10. The third-order valence-electron chi connectivity index (χ3n) is 1.68. The van der Waals surface area contributed by atoms with Crippen LogP contribution in [0.5, 0.6) is 0 Å². The Morgan fingerprint density at radius 2 is 1.87 bits per heavy atom. The number of rotatable bonds is 3. The lowest BCUT2D eigenvalue weighted by molar-refractivity contribution is -0.132. The van der Waals surface area contributed by atoms with Crippen molar-refractivity contribution in [3.8, 4) is 0 Å². The Morgan fingerprint density at radius 1 is 1.33 bits per heavy atom. The number of hydrogen-bond acceptors (Lipinski definition) is 3. The summed E-state index contributed by atoms with van der Waals surface area (Å²) >= 11 is 3.14. The van der Waals surface area contributed by atoms with Crippen LogP contribution in [-0.4, -0.2) is 29.7 Å². The van der Waals surface area contributed by atoms with E-state index in [9.17, 15) is 13.2 Å². The Bertz CT molecular complexity index is 312. The van der Waals surface area contributed by atoms with Gasteiger partial charge in [-0.2, -0.15) is 13.2 Å². The van der Waals surface area contributed by atoms with E-state index in [4.69, 9.17) is 0 Å². The van der Waals surface area contributed by atoms with E-state index >= 15 is 0 Å². The van der Waals surface area contributed by atoms with Gasteiger partial charge in [-0.25, -0.2) is 9.97 Å². The van der Waals surface area contributed by atoms with Gasteiger partial charge in [-0.15, -0.1) is 0 Å². The lowest BCUT2D eigenvalue weighted by atomic mass is 10.4. The molecule has 0 N–H and O–H groups in total. The van der Waals surface area contributed by atoms with Crippen molar-refractivity contribution in [3.05, 3.63) is 16.9 Å². The molecule has 1 heterocycles. The molecular weight excluding hydrogens is 275 g/mol. The third kappa shape index (κ3) is 4.46. The van der Waals surface area contributed by atoms with Gasteiger partial charge in [-0.3, -0.25) is 0 Å². The lowest BCUT2D eigenvalue weighted by Gasteiger charge is -2.17. The minimum Gasteiger partial charge on any atom is -0.344 e. The van der Waals surface area contributed by atoms with E-state index in [1.165, 1.54) is 24.3 Å². The quantitative estimate of drug-likeness (QED) is 0.854. The molecule has 0 unspecified atom stereocenters. The first-order valence-electron chi connectivity index (χ1n) is 4.14. The average Bonchev–Trinajstić information content (AvgIpc) is 2.14. The topological polar surface area (TPSA) is 29.0 Å². The minimum atomic E-state index is -4.15. The van der Waals surface area contributed by atoms with Crippen LogP contribution in [0.1, 0.15) is 6.42 Å². The fraction of sp³-hybridized carbons (Fsp3) is 0.500. The van der Waals surface area contributed by atoms with Crippen LogP contribution in [0.3, 0.4) is 0 Å². The Kier molecular flexibility index (Phi) is 3.90. The normalized spacial score (nSPS) is 11.5. The second-order valence-electron chi connectivity index (χ2n) is 2.99. The third-order valence-corrected chi connectivity index (χ3v) is 2.09. The van der Waals surface area contributed by atoms with Gasteiger partial charge < -0.3 is 4.90 Å². The SMILES string of the molecule is CN(CCC(F)(F)F)c1ncc(Br)cn1. The molecule has 0 aromatic carbocycles. The maximum absolute atomic E-state index is 11.9. The summed E-state index contributed by atoms with van der Waals surface area (Å²) in [5, 5.41) is 0. The van der Waals surface area contributed by atoms with Crippen molar-refractivity contribution in [1.82, 2.24) is 9.97 Å². The zero-order valence-corrected chi connectivity index (χ0v) is 9.51. The highest BCUT2D eigenvalue weighted by Crippen LogP contribution is 2.20. The first-order chi connectivity index (χ1) is 6.88. The van der Waals surface area contributed by atoms with Gasteiger partial charge in [0.05, 0.1) is 10.9 Å². The first-order valence-corrected chi connectivity index (χ1v) is 4.93. The number of halogens is 4. The number of nitrogens with zero attached hydrogens (tertiary/aromatic N) is 3. The van der Waals surface area contributed by atoms with E-state index < -0.39 is 12.6 Å². The molecular formula is C8H9BrF3N3. The van der Waals surface area contributed by atoms with Gasteiger partial charge in [-0.1, -0.05) is 0 Å². The van der Waals surface area contributed by atoms with E-state index in [-0.39, 0.29) is 12.5 Å². The van der Waals surface area contributed by atoms with Crippen molar-refractivity contribution in [2.45, 2.75) is 12.6 Å². The van der Waals surface area contributed by atoms with Crippen LogP contribution in [0, 0.1) is 0 Å². The van der Waals surface area contributed by atoms with E-state index in [2.05, 4.69) is 25.9 Å². The van der Waals surface area contributed by atoms with E-state index in [1.807, 2.05) is 0 Å². The van der Waals surface area contributed by atoms with Gasteiger partial charge in [0, 0.05) is 26.0 Å². The van der Waals surface area contributed by atoms with E-state index in [0.717, 1.165) is 0 Å². The summed E-state index contributed by atoms with van der Waals surface area (Å²) in [7, 11) is 1.52. The highest BCUT2D eigenvalue weighted by molar-refractivity contribution is 9.10. The zero-order chi connectivity index (χ0) is 11.5. The zero-order valence-electron chi connectivity index (χ0n) is 7.92. The highest BCUT2D eigenvalue weighted by atomic mass is 79.9. The average molecular weight is 284 g/mol. The van der Waals surface area contributed by atoms with Crippen molar-refractivity contribution in [2.75, 3.05) is 18.5 Å². The molecule has 1 aromatic heterocycles. The predicted octanol–water partition coefficient (Wildman–Crippen LogP) is 2.63. The smallest absolute Gasteiger partial charge is 0.344 e. The molecule has 0 radical (unpaired) electrons. The molecule has 0 spiro atoms. The molecule has 0 aliphatic rings. The summed E-state index contributed by atoms with van der Waals surface area (Å²) in [6.45, 7) is -0.148. The largest absolute Gasteiger partial charge is 0.390 e. The molecule has 1 rings (SSSR count). The standard InChI is InChI=1S/C8H9BrF3N3/c1-15(3-2-8(10,11)12)7-13-4-6(9)5-14-7/h4-5H,2-3H2,1H3. The van der Waals surface area contributed by atoms with Crippen LogP contribution < -0.4 is 4.90 Å². The fourth-order valence-electron chi connectivity index (χ4n) is 0.897. The summed E-state index contributed by atoms with van der Waals surface area (Å²) in [4.78, 5) is 9.12. The van der Waals surface area contributed by atoms with Gasteiger partial charge in [0.2, 0.25) is 5.95 Å². The van der Waals surface area contributed by atoms with Gasteiger partial charge in [0.1, 0.15) is 0 Å². The molecule has 0 aliphatic carbocycles. The molecule has 0 saturated carbocycles. The van der Waals surface area contributed by atoms with E-state index in [1.54, 1.807) is 0 Å². The van der Waals surface area contributed by atoms with Gasteiger partial charge in [0.25, 0.3) is 0 Å². The lowest BCUT2D eigenvalue weighted by Crippen LogP contribution is -2.25. The minimum absolute atomic E-state index is 0.148. The van der Waals surface area contributed by atoms with Gasteiger partial charge in [0.15, 0.2) is 0 Å². The van der Waals surface area contributed by atoms with Crippen molar-refractivity contribution < 1.29 is 13.2 Å². The van der Waals surface area contributed by atoms with Crippen LogP contribution in [0.2, 0.25) is 0 Å². The number of aromatic nitrogens is 2. The van der Waals surface area contributed by atoms with Gasteiger partial charge >= 0.3 is 6.18 Å². The van der Waals surface area contributed by atoms with Crippen molar-refractivity contribution in [2.24, 2.45) is 0 Å². The summed E-state index contributed by atoms with van der Waals surface area (Å²) in [6, 6.07) is 0. The summed E-state index contributed by atoms with van der Waals surface area (Å²) in [6.07, 6.45) is -2.04. The Balaban J connectivity index is 2.54. The first kappa shape index (κ1) is 12.2. The van der Waals surface area contributed by atoms with Crippen LogP contribution >= 0.6 is 15.9 Å². The maximum atomic E-state index is 11.9. The summed E-state index contributed by atoms with van der Waals surface area (Å²) < 4.78 is 36.5. The van der Waals surface area contributed by atoms with Crippen LogP contribution in [0.4, 0.5) is 19.1 Å². The molecule has 0 aliphatic heterocycles. The molecule has 7 heteroatoms. The molecule has 0 amide bonds. The molecule has 0 saturated heterocycles. The van der Waals surface area contributed by atoms with Crippen molar-refractivity contribution >= 4 is 21.9 Å². The number of hydrogen-bond donors (Lipinski definition) is 0. The summed E-state index contributed by atoms with van der Waals surface area (Å²) in [5.41, 5.74) is 0. The number of alkyl halides is 3. The van der Waals surface area contributed by atoms with Crippen LogP contribution in [0.15, 0.2) is 16.9 Å². The van der Waals surface area contributed by atoms with Crippen LogP contribution in [0.25, 0.3) is 0 Å². The van der Waals surface area contributed by atoms with E-state index in [0.29, 0.717) is 4.47 Å². The van der Waals surface area contributed by atoms with Crippen LogP contribution in [-0.2, 0) is 0 Å². The summed E-state index contributed by atoms with van der Waals surface area (Å²) in [5.74, 6) is 0.280. The number of anilines is 1. The van der Waals surface area contributed by atoms with Crippen molar-refractivity contribution in [3.63, 3.8) is 0 Å². The second-order valence-corrected chi connectivity index (χ2v) is 3.90. The molecule has 3 nitrogen and oxygen atoms in total. The molecule has 84 valence electrons. The molecule has 0 bridgehead atoms. The molecule has 15 heavy (non-hydrogen) atoms. The van der Waals surface area contributed by atoms with Gasteiger partial charge in [-0.05, 0) is 15.9 Å². The second kappa shape index (κ2) is 4.78. The molecule has 0 fully saturated rings. The van der Waals surface area contributed by atoms with Crippen molar-refractivity contribution in [1.29, 1.82) is 0 Å². The monoisotopic (exact) mass is 283 g/mol. The Morgan fingerprint density at radius 3 is 2.33 bits per heavy atom. The molecule has 1 aromatic rings. The Hall–Kier alpha value is -0.850. The molecule has 0 atom stereocenters.